The summed E-state index contributed by atoms with van der Waals surface area (Å²) in [6.07, 6.45) is 1.82. The Morgan fingerprint density at radius 2 is 1.72 bits per heavy atom. The monoisotopic (exact) mass is 391 g/mol. The average molecular weight is 391 g/mol. The van der Waals surface area contributed by atoms with Crippen molar-refractivity contribution >= 4 is 12.0 Å². The standard InChI is InChI=1S/C23H25N3O3/c1-3-25-22(27)19-8-11-20(14-19)26(2)23(28)29-21-12-9-18(10-13-21)17-6-4-16(15-24)5-7-17/h4-7,9-10,12-13,19-20H,3,8,11,14H2,1-2H3,(H,25,27)/t19-,20+/m0/s1. The molecule has 2 atom stereocenters. The molecular weight excluding hydrogens is 366 g/mol. The third kappa shape index (κ3) is 4.94. The van der Waals surface area contributed by atoms with Crippen molar-refractivity contribution in [3.63, 3.8) is 0 Å². The average Bonchev–Trinajstić information content (AvgIpc) is 3.24. The molecule has 0 radical (unpaired) electrons. The second kappa shape index (κ2) is 9.24. The first kappa shape index (κ1) is 20.4. The van der Waals surface area contributed by atoms with Crippen LogP contribution in [0.5, 0.6) is 5.75 Å². The first-order valence-corrected chi connectivity index (χ1v) is 9.84. The highest BCUT2D eigenvalue weighted by atomic mass is 16.6. The van der Waals surface area contributed by atoms with E-state index < -0.39 is 6.09 Å². The van der Waals surface area contributed by atoms with Gasteiger partial charge in [0.25, 0.3) is 0 Å². The van der Waals surface area contributed by atoms with Crippen LogP contribution in [0.3, 0.4) is 0 Å². The van der Waals surface area contributed by atoms with Crippen molar-refractivity contribution in [1.82, 2.24) is 10.2 Å². The van der Waals surface area contributed by atoms with Gasteiger partial charge in [-0.1, -0.05) is 24.3 Å². The summed E-state index contributed by atoms with van der Waals surface area (Å²) in [7, 11) is 1.72. The summed E-state index contributed by atoms with van der Waals surface area (Å²) in [4.78, 5) is 26.1. The Hall–Kier alpha value is -3.33. The van der Waals surface area contributed by atoms with Gasteiger partial charge in [-0.15, -0.1) is 0 Å². The summed E-state index contributed by atoms with van der Waals surface area (Å²) in [5.74, 6) is 0.495. The largest absolute Gasteiger partial charge is 0.415 e. The lowest BCUT2D eigenvalue weighted by Gasteiger charge is -2.23. The van der Waals surface area contributed by atoms with Crippen LogP contribution in [0.15, 0.2) is 48.5 Å². The fourth-order valence-corrected chi connectivity index (χ4v) is 3.64. The molecule has 150 valence electrons. The molecule has 1 aliphatic carbocycles. The Bertz CT molecular complexity index is 900. The third-order valence-electron chi connectivity index (χ3n) is 5.37. The predicted octanol–water partition coefficient (Wildman–Crippen LogP) is 3.96. The Labute approximate surface area is 171 Å². The highest BCUT2D eigenvalue weighted by Crippen LogP contribution is 2.30. The normalized spacial score (nSPS) is 18.0. The molecular formula is C23H25N3O3. The van der Waals surface area contributed by atoms with Gasteiger partial charge in [0.15, 0.2) is 0 Å². The molecule has 3 rings (SSSR count). The van der Waals surface area contributed by atoms with Gasteiger partial charge in [0, 0.05) is 25.6 Å². The van der Waals surface area contributed by atoms with Crippen LogP contribution in [0, 0.1) is 17.2 Å². The van der Waals surface area contributed by atoms with Crippen LogP contribution >= 0.6 is 0 Å². The number of carbonyl (C=O) groups excluding carboxylic acids is 2. The van der Waals surface area contributed by atoms with Crippen molar-refractivity contribution in [2.75, 3.05) is 13.6 Å². The van der Waals surface area contributed by atoms with Gasteiger partial charge >= 0.3 is 6.09 Å². The van der Waals surface area contributed by atoms with Crippen molar-refractivity contribution in [1.29, 1.82) is 5.26 Å². The maximum Gasteiger partial charge on any atom is 0.415 e. The number of nitrogens with zero attached hydrogens (tertiary/aromatic N) is 2. The molecule has 0 unspecified atom stereocenters. The summed E-state index contributed by atoms with van der Waals surface area (Å²) in [6.45, 7) is 2.52. The molecule has 1 N–H and O–H groups in total. The van der Waals surface area contributed by atoms with Crippen LogP contribution in [-0.4, -0.2) is 36.5 Å². The van der Waals surface area contributed by atoms with E-state index in [9.17, 15) is 9.59 Å². The summed E-state index contributed by atoms with van der Waals surface area (Å²) in [6, 6.07) is 16.7. The molecule has 0 aliphatic heterocycles. The second-order valence-electron chi connectivity index (χ2n) is 7.25. The molecule has 6 heteroatoms. The number of hydrogen-bond acceptors (Lipinski definition) is 4. The van der Waals surface area contributed by atoms with Gasteiger partial charge in [0.05, 0.1) is 11.6 Å². The number of nitriles is 1. The molecule has 2 aromatic rings. The minimum Gasteiger partial charge on any atom is -0.410 e. The fourth-order valence-electron chi connectivity index (χ4n) is 3.64. The van der Waals surface area contributed by atoms with Gasteiger partial charge < -0.3 is 15.0 Å². The highest BCUT2D eigenvalue weighted by molar-refractivity contribution is 5.79. The lowest BCUT2D eigenvalue weighted by Crippen LogP contribution is -2.38. The van der Waals surface area contributed by atoms with Crippen LogP contribution < -0.4 is 10.1 Å². The number of ether oxygens (including phenoxy) is 1. The van der Waals surface area contributed by atoms with Gasteiger partial charge in [-0.05, 0) is 61.6 Å². The van der Waals surface area contributed by atoms with Gasteiger partial charge in [0.1, 0.15) is 5.75 Å². The quantitative estimate of drug-likeness (QED) is 0.836. The zero-order chi connectivity index (χ0) is 20.8. The number of benzene rings is 2. The van der Waals surface area contributed by atoms with Crippen LogP contribution in [0.2, 0.25) is 0 Å². The summed E-state index contributed by atoms with van der Waals surface area (Å²) in [5, 5.41) is 11.7. The zero-order valence-electron chi connectivity index (χ0n) is 16.7. The van der Waals surface area contributed by atoms with E-state index in [-0.39, 0.29) is 17.9 Å². The topological polar surface area (TPSA) is 82.4 Å². The molecule has 0 aromatic heterocycles. The minimum atomic E-state index is -0.419. The van der Waals surface area contributed by atoms with Crippen LogP contribution in [-0.2, 0) is 4.79 Å². The number of hydrogen-bond donors (Lipinski definition) is 1. The van der Waals surface area contributed by atoms with Gasteiger partial charge in [-0.25, -0.2) is 4.79 Å². The van der Waals surface area contributed by atoms with E-state index >= 15 is 0 Å². The molecule has 2 aromatic carbocycles. The lowest BCUT2D eigenvalue weighted by molar-refractivity contribution is -0.124. The zero-order valence-corrected chi connectivity index (χ0v) is 16.7. The van der Waals surface area contributed by atoms with E-state index in [4.69, 9.17) is 10.00 Å². The first-order valence-electron chi connectivity index (χ1n) is 9.84. The lowest BCUT2D eigenvalue weighted by atomic mass is 10.0. The van der Waals surface area contributed by atoms with E-state index in [0.29, 0.717) is 24.3 Å². The van der Waals surface area contributed by atoms with Crippen LogP contribution in [0.4, 0.5) is 4.79 Å². The van der Waals surface area contributed by atoms with Gasteiger partial charge in [-0.2, -0.15) is 5.26 Å². The molecule has 0 heterocycles. The number of rotatable bonds is 5. The van der Waals surface area contributed by atoms with Crippen molar-refractivity contribution in [2.45, 2.75) is 32.2 Å². The van der Waals surface area contributed by atoms with Crippen molar-refractivity contribution in [3.8, 4) is 22.9 Å². The number of nitrogens with one attached hydrogen (secondary N) is 1. The molecule has 1 saturated carbocycles. The van der Waals surface area contributed by atoms with Gasteiger partial charge in [0.2, 0.25) is 5.91 Å². The molecule has 0 spiro atoms. The molecule has 2 amide bonds. The van der Waals surface area contributed by atoms with Crippen molar-refractivity contribution < 1.29 is 14.3 Å². The highest BCUT2D eigenvalue weighted by Gasteiger charge is 2.34. The molecule has 1 aliphatic rings. The van der Waals surface area contributed by atoms with E-state index in [1.165, 1.54) is 0 Å². The molecule has 6 nitrogen and oxygen atoms in total. The second-order valence-corrected chi connectivity index (χ2v) is 7.25. The van der Waals surface area contributed by atoms with Crippen LogP contribution in [0.25, 0.3) is 11.1 Å². The van der Waals surface area contributed by atoms with Crippen molar-refractivity contribution in [2.24, 2.45) is 5.92 Å². The fraction of sp³-hybridized carbons (Fsp3) is 0.348. The summed E-state index contributed by atoms with van der Waals surface area (Å²) >= 11 is 0. The SMILES string of the molecule is CCNC(=O)[C@H]1CC[C@@H](N(C)C(=O)Oc2ccc(-c3ccc(C#N)cc3)cc2)C1. The van der Waals surface area contributed by atoms with E-state index in [1.807, 2.05) is 31.2 Å². The van der Waals surface area contributed by atoms with Crippen molar-refractivity contribution in [3.05, 3.63) is 54.1 Å². The summed E-state index contributed by atoms with van der Waals surface area (Å²) < 4.78 is 5.50. The smallest absolute Gasteiger partial charge is 0.410 e. The Balaban J connectivity index is 1.57. The Morgan fingerprint density at radius 3 is 2.31 bits per heavy atom. The Kier molecular flexibility index (Phi) is 6.50. The van der Waals surface area contributed by atoms with E-state index in [1.54, 1.807) is 36.2 Å². The first-order chi connectivity index (χ1) is 14.0. The molecule has 1 fully saturated rings. The maximum absolute atomic E-state index is 12.5. The predicted molar refractivity (Wildman–Crippen MR) is 110 cm³/mol. The maximum atomic E-state index is 12.5. The number of amides is 2. The molecule has 0 saturated heterocycles. The van der Waals surface area contributed by atoms with E-state index in [0.717, 1.165) is 24.0 Å². The third-order valence-corrected chi connectivity index (χ3v) is 5.37. The minimum absolute atomic E-state index is 0.00743. The number of carbonyl (C=O) groups is 2. The molecule has 0 bridgehead atoms. The van der Waals surface area contributed by atoms with E-state index in [2.05, 4.69) is 11.4 Å². The van der Waals surface area contributed by atoms with Crippen LogP contribution in [0.1, 0.15) is 31.7 Å². The molecule has 29 heavy (non-hydrogen) atoms. The van der Waals surface area contributed by atoms with Gasteiger partial charge in [-0.3, -0.25) is 4.79 Å². The Morgan fingerprint density at radius 1 is 1.10 bits per heavy atom. The summed E-state index contributed by atoms with van der Waals surface area (Å²) in [5.41, 5.74) is 2.58.